The van der Waals surface area contributed by atoms with Crippen LogP contribution in [0.15, 0.2) is 69.9 Å². The van der Waals surface area contributed by atoms with Crippen LogP contribution in [-0.2, 0) is 35.0 Å². The summed E-state index contributed by atoms with van der Waals surface area (Å²) in [6, 6.07) is 9.16. The predicted molar refractivity (Wildman–Crippen MR) is 145 cm³/mol. The number of halogens is 6. The molecule has 0 saturated heterocycles. The van der Waals surface area contributed by atoms with E-state index in [4.69, 9.17) is 18.3 Å². The van der Waals surface area contributed by atoms with Crippen molar-refractivity contribution < 1.29 is 54.9 Å². The lowest BCUT2D eigenvalue weighted by molar-refractivity contribution is -0.138. The highest BCUT2D eigenvalue weighted by molar-refractivity contribution is 5.66. The van der Waals surface area contributed by atoms with Crippen molar-refractivity contribution in [2.24, 2.45) is 0 Å². The standard InChI is InChI=1S/C30H26F6N2O6/c31-29(32,33)21-7-1-19(2-8-21)5-11-27-37-23(15-43-27)13-41-17-25(39)26(40)18-42-14-24-16-44-28(38-24)12-6-20-3-9-22(10-4-20)30(34,35)36/h1-12,15-16,25-26,39-40H,13-14,17-18H2/b11-5+,12-6+/t25-,26-/m0/s1. The van der Waals surface area contributed by atoms with Crippen molar-refractivity contribution in [2.75, 3.05) is 13.2 Å². The van der Waals surface area contributed by atoms with Crippen molar-refractivity contribution in [1.29, 1.82) is 0 Å². The number of oxazole rings is 2. The van der Waals surface area contributed by atoms with Crippen molar-refractivity contribution in [3.8, 4) is 0 Å². The van der Waals surface area contributed by atoms with Crippen LogP contribution in [0.25, 0.3) is 24.3 Å². The minimum atomic E-state index is -4.41. The van der Waals surface area contributed by atoms with Gasteiger partial charge in [0.25, 0.3) is 0 Å². The van der Waals surface area contributed by atoms with Crippen LogP contribution in [0.3, 0.4) is 0 Å². The molecule has 0 saturated carbocycles. The van der Waals surface area contributed by atoms with Crippen molar-refractivity contribution in [3.63, 3.8) is 0 Å². The Morgan fingerprint density at radius 1 is 0.614 bits per heavy atom. The first-order valence-electron chi connectivity index (χ1n) is 13.0. The van der Waals surface area contributed by atoms with Gasteiger partial charge >= 0.3 is 12.4 Å². The lowest BCUT2D eigenvalue weighted by Gasteiger charge is -2.17. The van der Waals surface area contributed by atoms with E-state index in [1.54, 1.807) is 0 Å². The number of benzene rings is 2. The van der Waals surface area contributed by atoms with Gasteiger partial charge in [0.15, 0.2) is 0 Å². The number of aromatic nitrogens is 2. The lowest BCUT2D eigenvalue weighted by atomic mass is 10.1. The van der Waals surface area contributed by atoms with Gasteiger partial charge in [0.05, 0.1) is 37.6 Å². The van der Waals surface area contributed by atoms with Gasteiger partial charge in [0, 0.05) is 12.2 Å². The zero-order chi connectivity index (χ0) is 31.7. The summed E-state index contributed by atoms with van der Waals surface area (Å²) in [5, 5.41) is 20.3. The van der Waals surface area contributed by atoms with Crippen LogP contribution in [0.4, 0.5) is 26.3 Å². The van der Waals surface area contributed by atoms with Gasteiger partial charge in [-0.05, 0) is 47.5 Å². The molecule has 0 spiro atoms. The maximum absolute atomic E-state index is 12.7. The van der Waals surface area contributed by atoms with Crippen LogP contribution in [0.5, 0.6) is 0 Å². The maximum Gasteiger partial charge on any atom is 0.416 e. The molecule has 44 heavy (non-hydrogen) atoms. The molecule has 2 atom stereocenters. The molecular formula is C30H26F6N2O6. The summed E-state index contributed by atoms with van der Waals surface area (Å²) in [6.45, 7) is -0.554. The first-order chi connectivity index (χ1) is 20.9. The van der Waals surface area contributed by atoms with E-state index >= 15 is 0 Å². The highest BCUT2D eigenvalue weighted by Crippen LogP contribution is 2.30. The third-order valence-electron chi connectivity index (χ3n) is 5.97. The Bertz CT molecular complexity index is 1410. The maximum atomic E-state index is 12.7. The molecule has 0 unspecified atom stereocenters. The second-order valence-electron chi connectivity index (χ2n) is 9.43. The highest BCUT2D eigenvalue weighted by atomic mass is 19.4. The third kappa shape index (κ3) is 9.91. The van der Waals surface area contributed by atoms with Gasteiger partial charge < -0.3 is 28.5 Å². The highest BCUT2D eigenvalue weighted by Gasteiger charge is 2.30. The number of rotatable bonds is 13. The summed E-state index contributed by atoms with van der Waals surface area (Å²) in [7, 11) is 0. The molecule has 0 aliphatic carbocycles. The molecular weight excluding hydrogens is 598 g/mol. The number of aliphatic hydroxyl groups excluding tert-OH is 2. The topological polar surface area (TPSA) is 111 Å². The number of nitrogens with zero attached hydrogens (tertiary/aromatic N) is 2. The van der Waals surface area contributed by atoms with E-state index in [1.807, 2.05) is 0 Å². The van der Waals surface area contributed by atoms with Crippen LogP contribution in [0, 0.1) is 0 Å². The van der Waals surface area contributed by atoms with E-state index < -0.39 is 35.7 Å². The van der Waals surface area contributed by atoms with E-state index in [9.17, 15) is 36.6 Å². The Hall–Kier alpha value is -4.24. The van der Waals surface area contributed by atoms with E-state index in [1.165, 1.54) is 61.1 Å². The van der Waals surface area contributed by atoms with E-state index in [0.717, 1.165) is 24.3 Å². The van der Waals surface area contributed by atoms with Crippen LogP contribution in [0.1, 0.15) is 45.4 Å². The molecule has 0 aliphatic rings. The minimum Gasteiger partial charge on any atom is -0.445 e. The molecule has 8 nitrogen and oxygen atoms in total. The predicted octanol–water partition coefficient (Wildman–Crippen LogP) is 6.50. The molecule has 0 bridgehead atoms. The lowest BCUT2D eigenvalue weighted by Crippen LogP contribution is -2.34. The number of ether oxygens (including phenoxy) is 2. The molecule has 2 aromatic carbocycles. The van der Waals surface area contributed by atoms with Crippen LogP contribution in [-0.4, -0.2) is 45.6 Å². The SMILES string of the molecule is O[C@@H](COCc1coc(/C=C/c2ccc(C(F)(F)F)cc2)n1)[C@@H](O)COCc1coc(/C=C/c2ccc(C(F)(F)F)cc2)n1. The van der Waals surface area contributed by atoms with Crippen molar-refractivity contribution >= 4 is 24.3 Å². The quantitative estimate of drug-likeness (QED) is 0.162. The molecule has 0 amide bonds. The van der Waals surface area contributed by atoms with Crippen LogP contribution >= 0.6 is 0 Å². The zero-order valence-electron chi connectivity index (χ0n) is 22.8. The summed E-state index contributed by atoms with van der Waals surface area (Å²) < 4.78 is 97.3. The van der Waals surface area contributed by atoms with Gasteiger partial charge in [-0.3, -0.25) is 0 Å². The third-order valence-corrected chi connectivity index (χ3v) is 5.97. The molecule has 0 aliphatic heterocycles. The summed E-state index contributed by atoms with van der Waals surface area (Å²) >= 11 is 0. The van der Waals surface area contributed by atoms with Gasteiger partial charge in [0.2, 0.25) is 11.8 Å². The van der Waals surface area contributed by atoms with Gasteiger partial charge in [-0.1, -0.05) is 24.3 Å². The molecule has 4 aromatic rings. The molecule has 2 aromatic heterocycles. The molecule has 14 heteroatoms. The largest absolute Gasteiger partial charge is 0.445 e. The van der Waals surface area contributed by atoms with Crippen molar-refractivity contribution in [3.05, 3.63) is 106 Å². The molecule has 2 heterocycles. The van der Waals surface area contributed by atoms with Crippen molar-refractivity contribution in [2.45, 2.75) is 37.8 Å². The summed E-state index contributed by atoms with van der Waals surface area (Å²) in [6.07, 6.45) is -2.70. The molecule has 234 valence electrons. The Morgan fingerprint density at radius 3 is 1.32 bits per heavy atom. The Labute approximate surface area is 246 Å². The molecule has 2 N–H and O–H groups in total. The Morgan fingerprint density at radius 2 is 0.977 bits per heavy atom. The fraction of sp³-hybridized carbons (Fsp3) is 0.267. The monoisotopic (exact) mass is 624 g/mol. The number of hydrogen-bond donors (Lipinski definition) is 2. The normalized spacial score (nSPS) is 14.1. The molecule has 4 rings (SSSR count). The van der Waals surface area contributed by atoms with E-state index in [0.29, 0.717) is 22.5 Å². The van der Waals surface area contributed by atoms with Crippen LogP contribution < -0.4 is 0 Å². The first kappa shape index (κ1) is 32.7. The average Bonchev–Trinajstić information content (AvgIpc) is 3.64. The smallest absolute Gasteiger partial charge is 0.416 e. The second-order valence-corrected chi connectivity index (χ2v) is 9.43. The Kier molecular flexibility index (Phi) is 10.8. The summed E-state index contributed by atoms with van der Waals surface area (Å²) in [4.78, 5) is 8.33. The van der Waals surface area contributed by atoms with E-state index in [2.05, 4.69) is 9.97 Å². The summed E-state index contributed by atoms with van der Waals surface area (Å²) in [5.74, 6) is 0.396. The molecule has 0 radical (unpaired) electrons. The average molecular weight is 625 g/mol. The van der Waals surface area contributed by atoms with Gasteiger partial charge in [0.1, 0.15) is 36.1 Å². The Balaban J connectivity index is 1.14. The van der Waals surface area contributed by atoms with Crippen molar-refractivity contribution in [1.82, 2.24) is 9.97 Å². The summed E-state index contributed by atoms with van der Waals surface area (Å²) in [5.41, 5.74) is 0.325. The minimum absolute atomic E-state index is 0.0377. The number of alkyl halides is 6. The van der Waals surface area contributed by atoms with Gasteiger partial charge in [-0.25, -0.2) is 9.97 Å². The van der Waals surface area contributed by atoms with Gasteiger partial charge in [-0.2, -0.15) is 26.3 Å². The van der Waals surface area contributed by atoms with E-state index in [-0.39, 0.29) is 38.2 Å². The first-order valence-corrected chi connectivity index (χ1v) is 13.0. The molecule has 0 fully saturated rings. The second kappa shape index (κ2) is 14.5. The van der Waals surface area contributed by atoms with Gasteiger partial charge in [-0.15, -0.1) is 0 Å². The zero-order valence-corrected chi connectivity index (χ0v) is 22.8. The van der Waals surface area contributed by atoms with Crippen LogP contribution in [0.2, 0.25) is 0 Å². The fourth-order valence-electron chi connectivity index (χ4n) is 3.62. The fourth-order valence-corrected chi connectivity index (χ4v) is 3.62. The number of hydrogen-bond acceptors (Lipinski definition) is 8. The number of aliphatic hydroxyl groups is 2.